The van der Waals surface area contributed by atoms with Crippen molar-refractivity contribution in [2.45, 2.75) is 89.5 Å². The number of carbonyl (C=O) groups excluding carboxylic acids is 1. The van der Waals surface area contributed by atoms with Crippen molar-refractivity contribution in [1.82, 2.24) is 4.57 Å². The predicted octanol–water partition coefficient (Wildman–Crippen LogP) is 6.75. The molecule has 0 saturated carbocycles. The van der Waals surface area contributed by atoms with Gasteiger partial charge >= 0.3 is 0 Å². The van der Waals surface area contributed by atoms with Crippen LogP contribution in [-0.4, -0.2) is 33.5 Å². The lowest BCUT2D eigenvalue weighted by Crippen LogP contribution is -2.23. The second-order valence-corrected chi connectivity index (χ2v) is 9.52. The summed E-state index contributed by atoms with van der Waals surface area (Å²) in [7, 11) is 0. The molecule has 2 N–H and O–H groups in total. The van der Waals surface area contributed by atoms with Gasteiger partial charge in [0.25, 0.3) is 0 Å². The summed E-state index contributed by atoms with van der Waals surface area (Å²) in [5, 5.41) is 20.8. The van der Waals surface area contributed by atoms with Crippen molar-refractivity contribution >= 4 is 23.9 Å². The molecule has 2 aromatic rings. The van der Waals surface area contributed by atoms with Crippen molar-refractivity contribution in [2.24, 2.45) is 0 Å². The van der Waals surface area contributed by atoms with Gasteiger partial charge in [-0.25, -0.2) is 0 Å². The summed E-state index contributed by atoms with van der Waals surface area (Å²) in [4.78, 5) is 13.9. The lowest BCUT2D eigenvalue weighted by atomic mass is 10.1. The van der Waals surface area contributed by atoms with E-state index in [0.717, 1.165) is 31.4 Å². The Bertz CT molecular complexity index is 789. The molecule has 1 amide bonds. The second kappa shape index (κ2) is 14.9. The maximum absolute atomic E-state index is 11.6. The number of rotatable bonds is 17. The number of hydrogen-bond acceptors (Lipinski definition) is 4. The average Bonchev–Trinajstić information content (AvgIpc) is 3.07. The predicted molar refractivity (Wildman–Crippen MR) is 135 cm³/mol. The molecule has 0 radical (unpaired) electrons. The maximum Gasteiger partial charge on any atom is 0.214 e. The molecular weight excluding hydrogens is 420 g/mol. The Labute approximate surface area is 197 Å². The van der Waals surface area contributed by atoms with E-state index < -0.39 is 0 Å². The molecule has 0 saturated heterocycles. The number of hydrogen-bond donors (Lipinski definition) is 2. The number of aromatic hydroxyl groups is 2. The zero-order chi connectivity index (χ0) is 23.2. The van der Waals surface area contributed by atoms with E-state index in [1.165, 1.54) is 62.3 Å². The van der Waals surface area contributed by atoms with Crippen LogP contribution < -0.4 is 4.90 Å². The highest BCUT2D eigenvalue weighted by molar-refractivity contribution is 7.99. The average molecular weight is 461 g/mol. The van der Waals surface area contributed by atoms with Gasteiger partial charge in [0.15, 0.2) is 5.88 Å². The van der Waals surface area contributed by atoms with Crippen molar-refractivity contribution in [2.75, 3.05) is 17.2 Å². The minimum Gasteiger partial charge on any atom is -0.494 e. The van der Waals surface area contributed by atoms with Gasteiger partial charge in [-0.3, -0.25) is 9.36 Å². The summed E-state index contributed by atoms with van der Waals surface area (Å²) in [5.41, 5.74) is 2.17. The first-order valence-corrected chi connectivity index (χ1v) is 13.1. The number of unbranched alkanes of at least 4 members (excludes halogenated alkanes) is 7. The van der Waals surface area contributed by atoms with Crippen LogP contribution in [0, 0.1) is 0 Å². The number of aryl methyl sites for hydroxylation is 1. The van der Waals surface area contributed by atoms with E-state index in [1.54, 1.807) is 15.5 Å². The van der Waals surface area contributed by atoms with E-state index in [4.69, 9.17) is 0 Å². The van der Waals surface area contributed by atoms with Crippen LogP contribution in [0.3, 0.4) is 0 Å². The fraction of sp³-hybridized carbons (Fsp3) is 0.577. The fourth-order valence-electron chi connectivity index (χ4n) is 3.79. The molecule has 0 fully saturated rings. The molecule has 0 aliphatic rings. The fourth-order valence-corrected chi connectivity index (χ4v) is 4.72. The Morgan fingerprint density at radius 1 is 0.938 bits per heavy atom. The number of anilines is 1. The summed E-state index contributed by atoms with van der Waals surface area (Å²) < 4.78 is 1.58. The number of benzene rings is 1. The molecule has 32 heavy (non-hydrogen) atoms. The van der Waals surface area contributed by atoms with E-state index >= 15 is 0 Å². The summed E-state index contributed by atoms with van der Waals surface area (Å²) in [5.74, 6) is 0.854. The molecule has 2 rings (SSSR count). The van der Waals surface area contributed by atoms with Gasteiger partial charge in [-0.1, -0.05) is 70.9 Å². The molecule has 1 aromatic heterocycles. The van der Waals surface area contributed by atoms with E-state index in [0.29, 0.717) is 23.7 Å². The molecule has 0 spiro atoms. The molecule has 0 unspecified atom stereocenters. The first kappa shape index (κ1) is 26.2. The van der Waals surface area contributed by atoms with Crippen molar-refractivity contribution in [1.29, 1.82) is 0 Å². The molecule has 0 aliphatic heterocycles. The van der Waals surface area contributed by atoms with Crippen molar-refractivity contribution in [3.8, 4) is 11.8 Å². The third-order valence-electron chi connectivity index (χ3n) is 5.80. The van der Waals surface area contributed by atoms with Gasteiger partial charge in [0.05, 0.1) is 4.90 Å². The lowest BCUT2D eigenvalue weighted by Gasteiger charge is -2.17. The highest BCUT2D eigenvalue weighted by Gasteiger charge is 2.15. The normalized spacial score (nSPS) is 11.1. The van der Waals surface area contributed by atoms with Crippen molar-refractivity contribution in [3.63, 3.8) is 0 Å². The smallest absolute Gasteiger partial charge is 0.214 e. The topological polar surface area (TPSA) is 65.7 Å². The largest absolute Gasteiger partial charge is 0.494 e. The Kier molecular flexibility index (Phi) is 12.2. The highest BCUT2D eigenvalue weighted by atomic mass is 32.2. The minimum atomic E-state index is 0.103. The second-order valence-electron chi connectivity index (χ2n) is 8.38. The minimum absolute atomic E-state index is 0.103. The molecule has 0 aliphatic carbocycles. The maximum atomic E-state index is 11.6. The van der Waals surface area contributed by atoms with Gasteiger partial charge in [-0.2, -0.15) is 0 Å². The molecule has 1 heterocycles. The standard InChI is InChI=1S/C26H40N2O3S/c1-3-5-7-8-9-10-11-17-28-25(30)20-24(26(28)31)32-19-18-27(21-29)23-15-13-22(14-16-23)12-6-4-2/h13-16,20-21,30-31H,3-12,17-19H2,1-2H3. The summed E-state index contributed by atoms with van der Waals surface area (Å²) in [6.45, 7) is 5.55. The Hall–Kier alpha value is -2.08. The zero-order valence-electron chi connectivity index (χ0n) is 19.8. The molecule has 178 valence electrons. The molecule has 6 heteroatoms. The Balaban J connectivity index is 1.80. The van der Waals surface area contributed by atoms with Crippen molar-refractivity contribution in [3.05, 3.63) is 35.9 Å². The molecular formula is C26H40N2O3S. The van der Waals surface area contributed by atoms with Crippen LogP contribution in [0.2, 0.25) is 0 Å². The third-order valence-corrected chi connectivity index (χ3v) is 6.80. The van der Waals surface area contributed by atoms with Gasteiger partial charge in [0, 0.05) is 30.6 Å². The van der Waals surface area contributed by atoms with Crippen LogP contribution in [-0.2, 0) is 17.8 Å². The Morgan fingerprint density at radius 2 is 1.59 bits per heavy atom. The van der Waals surface area contributed by atoms with Gasteiger partial charge in [0.1, 0.15) is 0 Å². The summed E-state index contributed by atoms with van der Waals surface area (Å²) in [6, 6.07) is 9.78. The SMILES string of the molecule is CCCCCCCCCn1c(O)cc(SCCN(C=O)c2ccc(CCCC)cc2)c1O. The zero-order valence-corrected chi connectivity index (χ0v) is 20.6. The number of aromatic nitrogens is 1. The molecule has 0 atom stereocenters. The summed E-state index contributed by atoms with van der Waals surface area (Å²) >= 11 is 1.46. The monoisotopic (exact) mass is 460 g/mol. The first-order valence-electron chi connectivity index (χ1n) is 12.2. The van der Waals surface area contributed by atoms with E-state index in [9.17, 15) is 15.0 Å². The van der Waals surface area contributed by atoms with Gasteiger partial charge in [0.2, 0.25) is 12.3 Å². The Morgan fingerprint density at radius 3 is 2.25 bits per heavy atom. The first-order chi connectivity index (χ1) is 15.6. The number of carbonyl (C=O) groups is 1. The summed E-state index contributed by atoms with van der Waals surface area (Å²) in [6.07, 6.45) is 12.6. The van der Waals surface area contributed by atoms with Gasteiger partial charge < -0.3 is 15.1 Å². The number of thioether (sulfide) groups is 1. The lowest BCUT2D eigenvalue weighted by molar-refractivity contribution is -0.107. The van der Waals surface area contributed by atoms with Crippen LogP contribution in [0.25, 0.3) is 0 Å². The number of amides is 1. The molecule has 5 nitrogen and oxygen atoms in total. The van der Waals surface area contributed by atoms with E-state index in [1.807, 2.05) is 12.1 Å². The van der Waals surface area contributed by atoms with Crippen LogP contribution in [0.1, 0.15) is 77.2 Å². The molecule has 1 aromatic carbocycles. The van der Waals surface area contributed by atoms with Gasteiger partial charge in [-0.05, 0) is 37.0 Å². The quantitative estimate of drug-likeness (QED) is 0.156. The van der Waals surface area contributed by atoms with E-state index in [-0.39, 0.29) is 11.8 Å². The van der Waals surface area contributed by atoms with Crippen LogP contribution in [0.5, 0.6) is 11.8 Å². The van der Waals surface area contributed by atoms with Crippen LogP contribution in [0.15, 0.2) is 35.2 Å². The van der Waals surface area contributed by atoms with E-state index in [2.05, 4.69) is 26.0 Å². The van der Waals surface area contributed by atoms with Crippen LogP contribution in [0.4, 0.5) is 5.69 Å². The molecule has 0 bridgehead atoms. The number of nitrogens with zero attached hydrogens (tertiary/aromatic N) is 2. The van der Waals surface area contributed by atoms with Crippen molar-refractivity contribution < 1.29 is 15.0 Å². The van der Waals surface area contributed by atoms with Crippen LogP contribution >= 0.6 is 11.8 Å². The third kappa shape index (κ3) is 8.45. The van der Waals surface area contributed by atoms with Gasteiger partial charge in [-0.15, -0.1) is 11.8 Å². The highest BCUT2D eigenvalue weighted by Crippen LogP contribution is 2.35.